The van der Waals surface area contributed by atoms with Crippen molar-refractivity contribution in [1.29, 1.82) is 0 Å². The topological polar surface area (TPSA) is 123 Å². The van der Waals surface area contributed by atoms with Gasteiger partial charge in [-0.25, -0.2) is 13.4 Å². The number of benzene rings is 1. The van der Waals surface area contributed by atoms with E-state index in [1.54, 1.807) is 29.2 Å². The van der Waals surface area contributed by atoms with E-state index in [9.17, 15) is 13.2 Å². The maximum Gasteiger partial charge on any atom is 0.283 e. The van der Waals surface area contributed by atoms with E-state index in [0.29, 0.717) is 28.4 Å². The zero-order chi connectivity index (χ0) is 27.3. The Hall–Kier alpha value is -2.33. The smallest absolute Gasteiger partial charge is 0.283 e. The number of H-pyrrole nitrogens is 1. The second-order valence-corrected chi connectivity index (χ2v) is 13.8. The minimum atomic E-state index is -3.84. The lowest BCUT2D eigenvalue weighted by atomic mass is 10.1. The molecule has 3 aliphatic heterocycles. The van der Waals surface area contributed by atoms with Gasteiger partial charge in [0, 0.05) is 66.0 Å². The van der Waals surface area contributed by atoms with E-state index in [1.807, 2.05) is 0 Å². The zero-order valence-electron chi connectivity index (χ0n) is 21.1. The van der Waals surface area contributed by atoms with Crippen molar-refractivity contribution in [2.24, 2.45) is 0 Å². The van der Waals surface area contributed by atoms with E-state index in [1.165, 1.54) is 15.6 Å². The molecule has 3 aliphatic rings. The number of piperazine rings is 1. The van der Waals surface area contributed by atoms with Gasteiger partial charge in [0.25, 0.3) is 21.1 Å². The van der Waals surface area contributed by atoms with Gasteiger partial charge in [-0.3, -0.25) is 4.79 Å². The summed E-state index contributed by atoms with van der Waals surface area (Å²) in [6, 6.07) is 6.44. The number of aromatic nitrogens is 2. The second kappa shape index (κ2) is 10.6. The number of hydroxylamine groups is 1. The Morgan fingerprint density at radius 3 is 2.90 bits per heavy atom. The number of carbonyl (C=O) groups is 1. The maximum absolute atomic E-state index is 13.7. The first-order valence-electron chi connectivity index (χ1n) is 12.7. The number of hydrogen-bond donors (Lipinski definition) is 3. The molecule has 11 nitrogen and oxygen atoms in total. The van der Waals surface area contributed by atoms with Crippen LogP contribution in [0.3, 0.4) is 0 Å². The van der Waals surface area contributed by atoms with Crippen molar-refractivity contribution in [2.75, 3.05) is 33.2 Å². The van der Waals surface area contributed by atoms with Crippen LogP contribution >= 0.6 is 35.2 Å². The minimum Gasteiger partial charge on any atom is -0.376 e. The molecule has 0 radical (unpaired) electrons. The van der Waals surface area contributed by atoms with Gasteiger partial charge in [-0.2, -0.15) is 4.31 Å². The van der Waals surface area contributed by atoms with E-state index < -0.39 is 10.0 Å². The average molecular weight is 610 g/mol. The highest BCUT2D eigenvalue weighted by molar-refractivity contribution is 7.89. The molecule has 0 saturated carbocycles. The summed E-state index contributed by atoms with van der Waals surface area (Å²) in [5.74, 6) is -0.154. The number of carbonyl (C=O) groups excluding carboxylic acids is 1. The number of hydrogen-bond acceptors (Lipinski definition) is 9. The second-order valence-electron chi connectivity index (χ2n) is 10.0. The fourth-order valence-corrected chi connectivity index (χ4v) is 8.27. The van der Waals surface area contributed by atoms with E-state index in [-0.39, 0.29) is 47.9 Å². The van der Waals surface area contributed by atoms with Crippen molar-refractivity contribution >= 4 is 67.2 Å². The van der Waals surface area contributed by atoms with Crippen molar-refractivity contribution in [3.63, 3.8) is 0 Å². The summed E-state index contributed by atoms with van der Waals surface area (Å²) >= 11 is 12.6. The number of rotatable bonds is 6. The van der Waals surface area contributed by atoms with E-state index in [2.05, 4.69) is 32.7 Å². The summed E-state index contributed by atoms with van der Waals surface area (Å²) in [6.45, 7) is 2.30. The van der Waals surface area contributed by atoms with Gasteiger partial charge < -0.3 is 24.9 Å². The highest BCUT2D eigenvalue weighted by Gasteiger charge is 2.39. The Bertz CT molecular complexity index is 1540. The lowest BCUT2D eigenvalue weighted by Crippen LogP contribution is -2.56. The summed E-state index contributed by atoms with van der Waals surface area (Å²) in [5.41, 5.74) is 4.51. The molecular formula is C24H28ClN7O4S3. The molecule has 3 N–H and O–H groups in total. The van der Waals surface area contributed by atoms with Crippen LogP contribution in [-0.4, -0.2) is 89.0 Å². The third kappa shape index (κ3) is 5.38. The first kappa shape index (κ1) is 26.9. The number of thiocarbonyl (C=S) groups is 1. The molecular weight excluding hydrogens is 582 g/mol. The van der Waals surface area contributed by atoms with Crippen LogP contribution in [0.25, 0.3) is 10.9 Å². The number of thiazole rings is 1. The zero-order valence-corrected chi connectivity index (χ0v) is 24.4. The number of fused-ring (bicyclic) bond motifs is 2. The maximum atomic E-state index is 13.7. The lowest BCUT2D eigenvalue weighted by Gasteiger charge is -2.40. The Labute approximate surface area is 240 Å². The molecule has 2 unspecified atom stereocenters. The molecule has 2 fully saturated rings. The van der Waals surface area contributed by atoms with Crippen LogP contribution in [0.4, 0.5) is 0 Å². The number of amides is 1. The van der Waals surface area contributed by atoms with Crippen LogP contribution in [0.5, 0.6) is 0 Å². The highest BCUT2D eigenvalue weighted by Crippen LogP contribution is 2.30. The Kier molecular flexibility index (Phi) is 7.29. The summed E-state index contributed by atoms with van der Waals surface area (Å²) < 4.78 is 28.8. The van der Waals surface area contributed by atoms with Gasteiger partial charge in [0.05, 0.1) is 5.69 Å². The van der Waals surface area contributed by atoms with Gasteiger partial charge in [0.1, 0.15) is 11.2 Å². The SMILES string of the molecule is CN1CCc2nc(C(=O)N3CCN(S(=O)(=O)c4cc5cc(Cl)ccc5[nH]4)CC3CCC3NOC(=S)N3)sc2C1. The molecule has 3 aromatic rings. The third-order valence-electron chi connectivity index (χ3n) is 7.36. The van der Waals surface area contributed by atoms with Crippen LogP contribution in [0.1, 0.15) is 33.2 Å². The molecule has 0 bridgehead atoms. The quantitative estimate of drug-likeness (QED) is 0.361. The fraction of sp³-hybridized carbons (Fsp3) is 0.458. The summed E-state index contributed by atoms with van der Waals surface area (Å²) in [7, 11) is -1.78. The Morgan fingerprint density at radius 1 is 1.26 bits per heavy atom. The number of nitrogens with one attached hydrogen (secondary N) is 3. The molecule has 2 aromatic heterocycles. The van der Waals surface area contributed by atoms with Crippen molar-refractivity contribution in [3.05, 3.63) is 44.9 Å². The number of likely N-dealkylation sites (N-methyl/N-ethyl adjacent to an activating group) is 1. The molecule has 1 aromatic carbocycles. The van der Waals surface area contributed by atoms with Crippen LogP contribution in [0.2, 0.25) is 5.02 Å². The summed E-state index contributed by atoms with van der Waals surface area (Å²) in [4.78, 5) is 31.7. The van der Waals surface area contributed by atoms with Crippen LogP contribution in [0.15, 0.2) is 29.3 Å². The molecule has 39 heavy (non-hydrogen) atoms. The molecule has 6 rings (SSSR count). The number of sulfonamides is 1. The monoisotopic (exact) mass is 609 g/mol. The van der Waals surface area contributed by atoms with Crippen molar-refractivity contribution in [1.82, 2.24) is 34.9 Å². The van der Waals surface area contributed by atoms with Crippen molar-refractivity contribution in [2.45, 2.75) is 43.0 Å². The predicted molar refractivity (Wildman–Crippen MR) is 152 cm³/mol. The van der Waals surface area contributed by atoms with E-state index >= 15 is 0 Å². The molecule has 5 heterocycles. The van der Waals surface area contributed by atoms with Gasteiger partial charge >= 0.3 is 0 Å². The Morgan fingerprint density at radius 2 is 2.10 bits per heavy atom. The molecule has 1 amide bonds. The number of halogens is 1. The van der Waals surface area contributed by atoms with Crippen molar-refractivity contribution < 1.29 is 18.0 Å². The molecule has 15 heteroatoms. The fourth-order valence-electron chi connectivity index (χ4n) is 5.27. The normalized spacial score (nSPS) is 22.6. The van der Waals surface area contributed by atoms with Crippen LogP contribution in [-0.2, 0) is 27.8 Å². The summed E-state index contributed by atoms with van der Waals surface area (Å²) in [5, 5.41) is 5.11. The average Bonchev–Trinajstić information content (AvgIpc) is 3.64. The van der Waals surface area contributed by atoms with E-state index in [4.69, 9.17) is 28.7 Å². The standard InChI is InChI=1S/C24H28ClN7O4S3/c1-30-7-6-18-19(13-30)38-22(27-18)23(33)32-9-8-31(12-16(32)3-5-20-28-24(37)36-29-20)39(34,35)21-11-14-10-15(25)2-4-17(14)26-21/h2,4,10-11,16,20,26,29H,3,5-9,12-13H2,1H3,(H,28,37). The third-order valence-corrected chi connectivity index (χ3v) is 10.7. The van der Waals surface area contributed by atoms with Crippen LogP contribution in [0, 0.1) is 0 Å². The highest BCUT2D eigenvalue weighted by atomic mass is 35.5. The molecule has 2 atom stereocenters. The lowest BCUT2D eigenvalue weighted by molar-refractivity contribution is 0.0535. The van der Waals surface area contributed by atoms with Gasteiger partial charge in [0.15, 0.2) is 5.01 Å². The van der Waals surface area contributed by atoms with E-state index in [0.717, 1.165) is 35.5 Å². The molecule has 0 spiro atoms. The number of aromatic amines is 1. The first-order valence-corrected chi connectivity index (χ1v) is 15.7. The molecule has 2 saturated heterocycles. The van der Waals surface area contributed by atoms with Gasteiger partial charge in [0.2, 0.25) is 0 Å². The summed E-state index contributed by atoms with van der Waals surface area (Å²) in [6.07, 6.45) is 1.71. The largest absolute Gasteiger partial charge is 0.376 e. The van der Waals surface area contributed by atoms with Gasteiger partial charge in [-0.05, 0) is 56.4 Å². The van der Waals surface area contributed by atoms with Gasteiger partial charge in [-0.15, -0.1) is 16.8 Å². The van der Waals surface area contributed by atoms with Crippen molar-refractivity contribution in [3.8, 4) is 0 Å². The Balaban J connectivity index is 1.24. The van der Waals surface area contributed by atoms with Gasteiger partial charge in [-0.1, -0.05) is 11.6 Å². The predicted octanol–water partition coefficient (Wildman–Crippen LogP) is 2.30. The molecule has 0 aliphatic carbocycles. The first-order chi connectivity index (χ1) is 18.7. The number of nitrogens with zero attached hydrogens (tertiary/aromatic N) is 4. The minimum absolute atomic E-state index is 0.105. The molecule has 208 valence electrons. The van der Waals surface area contributed by atoms with Crippen LogP contribution < -0.4 is 10.8 Å².